The van der Waals surface area contributed by atoms with Gasteiger partial charge in [-0.3, -0.25) is 9.69 Å². The SMILES string of the molecule is CC(C)NC(=O)[C@@H]1C[C@@H](NCc2ccc(F)cc2F)CN1Cc1ccc2ccccc2c1. The van der Waals surface area contributed by atoms with Crippen molar-refractivity contribution in [3.05, 3.63) is 83.4 Å². The summed E-state index contributed by atoms with van der Waals surface area (Å²) in [5, 5.41) is 8.75. The third kappa shape index (κ3) is 5.31. The monoisotopic (exact) mass is 437 g/mol. The molecule has 0 saturated carbocycles. The Morgan fingerprint density at radius 1 is 1.06 bits per heavy atom. The molecule has 6 heteroatoms. The standard InChI is InChI=1S/C26H29F2N3O/c1-17(2)30-26(32)25-13-23(29-14-21-9-10-22(27)12-24(21)28)16-31(25)15-18-7-8-19-5-3-4-6-20(19)11-18/h3-12,17,23,25,29H,13-16H2,1-2H3,(H,30,32)/t23-,25+/m1/s1. The Morgan fingerprint density at radius 2 is 1.84 bits per heavy atom. The minimum absolute atomic E-state index is 0.0121. The Balaban J connectivity index is 1.48. The van der Waals surface area contributed by atoms with Crippen LogP contribution in [0.4, 0.5) is 8.78 Å². The van der Waals surface area contributed by atoms with Crippen molar-refractivity contribution in [1.29, 1.82) is 0 Å². The van der Waals surface area contributed by atoms with Crippen LogP contribution in [0.3, 0.4) is 0 Å². The van der Waals surface area contributed by atoms with E-state index < -0.39 is 11.6 Å². The molecule has 3 aromatic rings. The van der Waals surface area contributed by atoms with Crippen molar-refractivity contribution in [1.82, 2.24) is 15.5 Å². The second kappa shape index (κ2) is 9.76. The van der Waals surface area contributed by atoms with Gasteiger partial charge in [-0.25, -0.2) is 8.78 Å². The molecule has 1 heterocycles. The smallest absolute Gasteiger partial charge is 0.237 e. The second-order valence-electron chi connectivity index (χ2n) is 8.84. The molecule has 1 aliphatic rings. The lowest BCUT2D eigenvalue weighted by atomic mass is 10.1. The molecule has 2 N–H and O–H groups in total. The minimum atomic E-state index is -0.584. The quantitative estimate of drug-likeness (QED) is 0.577. The molecule has 32 heavy (non-hydrogen) atoms. The van der Waals surface area contributed by atoms with Gasteiger partial charge in [-0.2, -0.15) is 0 Å². The van der Waals surface area contributed by atoms with Crippen LogP contribution in [0.15, 0.2) is 60.7 Å². The number of likely N-dealkylation sites (tertiary alicyclic amines) is 1. The van der Waals surface area contributed by atoms with Gasteiger partial charge in [0.1, 0.15) is 11.6 Å². The Kier molecular flexibility index (Phi) is 6.82. The van der Waals surface area contributed by atoms with Crippen molar-refractivity contribution in [2.75, 3.05) is 6.54 Å². The number of nitrogens with one attached hydrogen (secondary N) is 2. The predicted molar refractivity (Wildman–Crippen MR) is 123 cm³/mol. The van der Waals surface area contributed by atoms with E-state index in [0.717, 1.165) is 11.6 Å². The Hall–Kier alpha value is -2.83. The van der Waals surface area contributed by atoms with Crippen LogP contribution in [0.1, 0.15) is 31.4 Å². The van der Waals surface area contributed by atoms with E-state index in [0.29, 0.717) is 31.6 Å². The Bertz CT molecular complexity index is 1100. The van der Waals surface area contributed by atoms with Gasteiger partial charge in [-0.15, -0.1) is 0 Å². The van der Waals surface area contributed by atoms with Gasteiger partial charge in [0.15, 0.2) is 0 Å². The van der Waals surface area contributed by atoms with Gasteiger partial charge in [-0.1, -0.05) is 42.5 Å². The first-order valence-electron chi connectivity index (χ1n) is 11.1. The first-order chi connectivity index (χ1) is 15.4. The van der Waals surface area contributed by atoms with E-state index in [1.165, 1.54) is 22.9 Å². The highest BCUT2D eigenvalue weighted by molar-refractivity contribution is 5.83. The van der Waals surface area contributed by atoms with E-state index in [9.17, 15) is 13.6 Å². The van der Waals surface area contributed by atoms with Crippen molar-refractivity contribution in [2.24, 2.45) is 0 Å². The van der Waals surface area contributed by atoms with E-state index >= 15 is 0 Å². The van der Waals surface area contributed by atoms with Crippen LogP contribution in [0.5, 0.6) is 0 Å². The summed E-state index contributed by atoms with van der Waals surface area (Å²) in [6.45, 7) is 5.52. The summed E-state index contributed by atoms with van der Waals surface area (Å²) in [6.07, 6.45) is 0.634. The number of amides is 1. The summed E-state index contributed by atoms with van der Waals surface area (Å²) in [7, 11) is 0. The fourth-order valence-electron chi connectivity index (χ4n) is 4.37. The molecular formula is C26H29F2N3O. The summed E-state index contributed by atoms with van der Waals surface area (Å²) in [6, 6.07) is 18.1. The molecule has 4 nitrogen and oxygen atoms in total. The molecular weight excluding hydrogens is 408 g/mol. The molecule has 1 fully saturated rings. The highest BCUT2D eigenvalue weighted by Crippen LogP contribution is 2.24. The molecule has 0 aliphatic carbocycles. The van der Waals surface area contributed by atoms with Crippen molar-refractivity contribution < 1.29 is 13.6 Å². The molecule has 0 aromatic heterocycles. The molecule has 1 amide bonds. The Morgan fingerprint density at radius 3 is 2.59 bits per heavy atom. The van der Waals surface area contributed by atoms with Crippen LogP contribution in [0.25, 0.3) is 10.8 Å². The van der Waals surface area contributed by atoms with Gasteiger partial charge in [-0.05, 0) is 48.7 Å². The summed E-state index contributed by atoms with van der Waals surface area (Å²) < 4.78 is 27.2. The molecule has 168 valence electrons. The topological polar surface area (TPSA) is 44.4 Å². The molecule has 3 aromatic carbocycles. The lowest BCUT2D eigenvalue weighted by Crippen LogP contribution is -2.45. The average Bonchev–Trinajstić information content (AvgIpc) is 3.15. The van der Waals surface area contributed by atoms with Gasteiger partial charge in [0.25, 0.3) is 0 Å². The molecule has 0 unspecified atom stereocenters. The van der Waals surface area contributed by atoms with Crippen LogP contribution in [-0.4, -0.2) is 35.5 Å². The molecule has 0 spiro atoms. The van der Waals surface area contributed by atoms with Gasteiger partial charge >= 0.3 is 0 Å². The van der Waals surface area contributed by atoms with Crippen LogP contribution in [-0.2, 0) is 17.9 Å². The average molecular weight is 438 g/mol. The molecule has 0 radical (unpaired) electrons. The third-order valence-corrected chi connectivity index (χ3v) is 5.93. The number of benzene rings is 3. The molecule has 2 atom stereocenters. The molecule has 4 rings (SSSR count). The number of hydrogen-bond donors (Lipinski definition) is 2. The van der Waals surface area contributed by atoms with E-state index in [4.69, 9.17) is 0 Å². The fraction of sp³-hybridized carbons (Fsp3) is 0.346. The molecule has 0 bridgehead atoms. The maximum atomic E-state index is 14.0. The van der Waals surface area contributed by atoms with E-state index in [2.05, 4.69) is 45.9 Å². The second-order valence-corrected chi connectivity index (χ2v) is 8.84. The highest BCUT2D eigenvalue weighted by Gasteiger charge is 2.36. The fourth-order valence-corrected chi connectivity index (χ4v) is 4.37. The Labute approximate surface area is 187 Å². The lowest BCUT2D eigenvalue weighted by Gasteiger charge is -2.24. The normalized spacial score (nSPS) is 19.0. The lowest BCUT2D eigenvalue weighted by molar-refractivity contribution is -0.126. The number of fused-ring (bicyclic) bond motifs is 1. The van der Waals surface area contributed by atoms with Crippen molar-refractivity contribution >= 4 is 16.7 Å². The molecule has 1 saturated heterocycles. The number of rotatable bonds is 7. The number of hydrogen-bond acceptors (Lipinski definition) is 3. The van der Waals surface area contributed by atoms with Crippen LogP contribution in [0, 0.1) is 11.6 Å². The van der Waals surface area contributed by atoms with E-state index in [1.54, 1.807) is 0 Å². The van der Waals surface area contributed by atoms with Crippen molar-refractivity contribution in [2.45, 2.75) is 51.5 Å². The number of carbonyl (C=O) groups excluding carboxylic acids is 1. The first-order valence-corrected chi connectivity index (χ1v) is 11.1. The van der Waals surface area contributed by atoms with Gasteiger partial charge in [0.2, 0.25) is 5.91 Å². The van der Waals surface area contributed by atoms with Crippen LogP contribution >= 0.6 is 0 Å². The number of halogens is 2. The summed E-state index contributed by atoms with van der Waals surface area (Å²) >= 11 is 0. The van der Waals surface area contributed by atoms with Crippen molar-refractivity contribution in [3.63, 3.8) is 0 Å². The maximum absolute atomic E-state index is 14.0. The highest BCUT2D eigenvalue weighted by atomic mass is 19.1. The van der Waals surface area contributed by atoms with Gasteiger partial charge in [0.05, 0.1) is 6.04 Å². The van der Waals surface area contributed by atoms with Crippen LogP contribution < -0.4 is 10.6 Å². The maximum Gasteiger partial charge on any atom is 0.237 e. The zero-order valence-electron chi connectivity index (χ0n) is 18.4. The van der Waals surface area contributed by atoms with E-state index in [1.807, 2.05) is 26.0 Å². The first kappa shape index (κ1) is 22.4. The van der Waals surface area contributed by atoms with E-state index in [-0.39, 0.29) is 24.0 Å². The largest absolute Gasteiger partial charge is 0.353 e. The summed E-state index contributed by atoms with van der Waals surface area (Å²) in [5.74, 6) is -1.13. The minimum Gasteiger partial charge on any atom is -0.353 e. The number of carbonyl (C=O) groups is 1. The molecule has 1 aliphatic heterocycles. The predicted octanol–water partition coefficient (Wildman–Crippen LogP) is 4.38. The number of nitrogens with zero attached hydrogens (tertiary/aromatic N) is 1. The van der Waals surface area contributed by atoms with Crippen molar-refractivity contribution in [3.8, 4) is 0 Å². The summed E-state index contributed by atoms with van der Waals surface area (Å²) in [4.78, 5) is 15.1. The van der Waals surface area contributed by atoms with Gasteiger partial charge < -0.3 is 10.6 Å². The zero-order chi connectivity index (χ0) is 22.7. The summed E-state index contributed by atoms with van der Waals surface area (Å²) in [5.41, 5.74) is 1.57. The third-order valence-electron chi connectivity index (χ3n) is 5.93. The zero-order valence-corrected chi connectivity index (χ0v) is 18.4. The van der Waals surface area contributed by atoms with Crippen LogP contribution in [0.2, 0.25) is 0 Å². The van der Waals surface area contributed by atoms with Gasteiger partial charge in [0, 0.05) is 43.3 Å².